The molecule has 0 saturated carbocycles. The standard InChI is InChI=1S/C44H27NO2.2C42H25NO2/c1-3-11-29(12-4-1)34-17-9-18-36-41-33(16-10-20-40(41)47-43(34)36)30-23-21-28(22-24-30)31-25-26-39-37(27-31)42-44(46-39)35-15-7-8-19-38(35)45(42)32-13-5-2-6-14-32;1-2-10-30(11-3-1)43-36-15-7-6-13-33(36)42-40(43)35-25-29(22-24-37(35)44-42)26-17-19-28(20-18-26)31-14-8-16-38-39(31)34-23-21-27-9-4-5-12-32(27)41(34)45-38;1-2-9-31(10-3-1)43-36-13-7-6-12-33(36)42-41(43)35-22-19-30(25-39(35)45-42)27-16-14-26(15-17-27)29-18-21-34-38(24-29)44-37-23-20-28-8-4-5-11-32(28)40(34)37/h1-27H;2*1-25H. The number of aromatic nitrogens is 3. The second-order valence-electron chi connectivity index (χ2n) is 35.5. The van der Waals surface area contributed by atoms with E-state index in [9.17, 15) is 0 Å². The molecule has 0 aliphatic rings. The number of nitrogens with zero attached hydrogens (tertiary/aromatic N) is 3. The van der Waals surface area contributed by atoms with Crippen LogP contribution in [0.25, 0.3) is 281 Å². The predicted octanol–water partition coefficient (Wildman–Crippen LogP) is 36.3. The Balaban J connectivity index is 0.000000102. The van der Waals surface area contributed by atoms with E-state index in [1.165, 1.54) is 27.1 Å². The molecule has 0 unspecified atom stereocenters. The molecule has 0 spiro atoms. The van der Waals surface area contributed by atoms with Gasteiger partial charge in [-0.15, -0.1) is 0 Å². The van der Waals surface area contributed by atoms with Gasteiger partial charge in [-0.25, -0.2) is 0 Å². The fourth-order valence-corrected chi connectivity index (χ4v) is 21.5. The zero-order valence-corrected chi connectivity index (χ0v) is 73.7. The van der Waals surface area contributed by atoms with Crippen molar-refractivity contribution >= 4 is 186 Å². The third-order valence-corrected chi connectivity index (χ3v) is 27.8. The van der Waals surface area contributed by atoms with Gasteiger partial charge in [0.2, 0.25) is 0 Å². The number of hydrogen-bond acceptors (Lipinski definition) is 6. The summed E-state index contributed by atoms with van der Waals surface area (Å²) in [5, 5.41) is 18.3. The SMILES string of the molecule is c1ccc(-c2cccc3c2oc2cccc(-c4ccc(-c5ccc6oc7c8ccccc8n(-c8ccccc8)c7c6c5)cc4)c23)cc1.c1ccc(-n2c3ccccc3c3oc4cc(-c5ccc(-c6ccc7c(c6)oc6ccc8ccccc8c67)cc5)ccc4c32)cc1.c1ccc(-n2c3ccccc3c3oc4ccc(-c5ccc(-c6cccc7oc8c9ccccc9ccc8c67)cc5)cc4c32)cc1. The molecule has 30 rings (SSSR count). The molecule has 0 N–H and O–H groups in total. The first-order chi connectivity index (χ1) is 67.9. The van der Waals surface area contributed by atoms with E-state index in [2.05, 4.69) is 475 Å². The summed E-state index contributed by atoms with van der Waals surface area (Å²) in [6.07, 6.45) is 0. The highest BCUT2D eigenvalue weighted by Crippen LogP contribution is 2.49. The maximum absolute atomic E-state index is 6.58. The van der Waals surface area contributed by atoms with Gasteiger partial charge in [0, 0.05) is 92.6 Å². The van der Waals surface area contributed by atoms with Gasteiger partial charge in [0.05, 0.1) is 16.6 Å². The molecule has 0 aliphatic carbocycles. The summed E-state index contributed by atoms with van der Waals surface area (Å²) in [6.45, 7) is 0. The molecule has 640 valence electrons. The minimum atomic E-state index is 0.888. The number of fused-ring (bicyclic) bond motifs is 28. The fraction of sp³-hybridized carbons (Fsp3) is 0. The molecule has 137 heavy (non-hydrogen) atoms. The normalized spacial score (nSPS) is 11.9. The summed E-state index contributed by atoms with van der Waals surface area (Å²) in [5.41, 5.74) is 37.1. The van der Waals surface area contributed by atoms with Crippen molar-refractivity contribution in [2.45, 2.75) is 0 Å². The van der Waals surface area contributed by atoms with E-state index in [1.807, 2.05) is 6.07 Å². The van der Waals surface area contributed by atoms with Crippen molar-refractivity contribution in [2.75, 3.05) is 0 Å². The lowest BCUT2D eigenvalue weighted by Crippen LogP contribution is -1.92. The van der Waals surface area contributed by atoms with Gasteiger partial charge in [-0.3, -0.25) is 0 Å². The summed E-state index contributed by atoms with van der Waals surface area (Å²) in [5.74, 6) is 0. The molecular weight excluding hydrogens is 1680 g/mol. The van der Waals surface area contributed by atoms with Gasteiger partial charge in [-0.1, -0.05) is 322 Å². The Bertz CT molecular complexity index is 10100. The highest BCUT2D eigenvalue weighted by Gasteiger charge is 2.27. The van der Waals surface area contributed by atoms with Crippen molar-refractivity contribution in [1.29, 1.82) is 0 Å². The van der Waals surface area contributed by atoms with E-state index in [-0.39, 0.29) is 0 Å². The maximum Gasteiger partial charge on any atom is 0.161 e. The molecular formula is C128H77N3O6. The summed E-state index contributed by atoms with van der Waals surface area (Å²) < 4.78 is 45.8. The highest BCUT2D eigenvalue weighted by atomic mass is 16.4. The summed E-state index contributed by atoms with van der Waals surface area (Å²) in [4.78, 5) is 0. The molecule has 9 heteroatoms. The van der Waals surface area contributed by atoms with E-state index >= 15 is 0 Å². The average molecular weight is 1750 g/mol. The van der Waals surface area contributed by atoms with E-state index in [0.717, 1.165) is 254 Å². The lowest BCUT2D eigenvalue weighted by Gasteiger charge is -2.08. The molecule has 0 fully saturated rings. The van der Waals surface area contributed by atoms with Crippen molar-refractivity contribution in [2.24, 2.45) is 0 Å². The Hall–Kier alpha value is -18.4. The molecule has 0 bridgehead atoms. The molecule has 0 radical (unpaired) electrons. The molecule has 9 nitrogen and oxygen atoms in total. The first kappa shape index (κ1) is 77.3. The van der Waals surface area contributed by atoms with E-state index in [4.69, 9.17) is 26.5 Å². The molecule has 30 aromatic rings. The van der Waals surface area contributed by atoms with Gasteiger partial charge in [0.25, 0.3) is 0 Å². The van der Waals surface area contributed by atoms with Crippen LogP contribution in [-0.2, 0) is 0 Å². The van der Waals surface area contributed by atoms with Gasteiger partial charge >= 0.3 is 0 Å². The molecule has 9 aromatic heterocycles. The molecule has 0 saturated heterocycles. The highest BCUT2D eigenvalue weighted by molar-refractivity contribution is 6.24. The lowest BCUT2D eigenvalue weighted by molar-refractivity contribution is 0.669. The second-order valence-corrected chi connectivity index (χ2v) is 35.5. The topological polar surface area (TPSA) is 93.6 Å². The smallest absolute Gasteiger partial charge is 0.161 e. The Labute approximate surface area is 783 Å². The Kier molecular flexibility index (Phi) is 17.6. The number of para-hydroxylation sites is 7. The van der Waals surface area contributed by atoms with Crippen molar-refractivity contribution in [3.05, 3.63) is 467 Å². The third kappa shape index (κ3) is 12.5. The van der Waals surface area contributed by atoms with E-state index in [1.54, 1.807) is 0 Å². The quantitative estimate of drug-likeness (QED) is 0.135. The van der Waals surface area contributed by atoms with Gasteiger partial charge in [0.1, 0.15) is 66.8 Å². The zero-order valence-electron chi connectivity index (χ0n) is 73.7. The van der Waals surface area contributed by atoms with E-state index in [0.29, 0.717) is 0 Å². The van der Waals surface area contributed by atoms with Gasteiger partial charge in [-0.05, 0) is 234 Å². The number of rotatable bonds is 10. The van der Waals surface area contributed by atoms with Crippen LogP contribution in [0.4, 0.5) is 0 Å². The van der Waals surface area contributed by atoms with Crippen LogP contribution < -0.4 is 0 Å². The lowest BCUT2D eigenvalue weighted by atomic mass is 9.95. The van der Waals surface area contributed by atoms with Crippen LogP contribution in [0, 0.1) is 0 Å². The molecule has 0 amide bonds. The molecule has 9 heterocycles. The number of benzene rings is 21. The minimum Gasteiger partial charge on any atom is -0.456 e. The molecule has 21 aromatic carbocycles. The van der Waals surface area contributed by atoms with Crippen LogP contribution in [0.3, 0.4) is 0 Å². The first-order valence-corrected chi connectivity index (χ1v) is 46.5. The number of furan rings is 6. The van der Waals surface area contributed by atoms with Gasteiger partial charge in [0.15, 0.2) is 16.7 Å². The molecule has 0 aliphatic heterocycles. The number of hydrogen-bond donors (Lipinski definition) is 0. The minimum absolute atomic E-state index is 0.888. The predicted molar refractivity (Wildman–Crippen MR) is 567 cm³/mol. The Morgan fingerprint density at radius 2 is 0.453 bits per heavy atom. The third-order valence-electron chi connectivity index (χ3n) is 27.8. The summed E-state index contributed by atoms with van der Waals surface area (Å²) in [6, 6.07) is 165. The monoisotopic (exact) mass is 1750 g/mol. The Morgan fingerprint density at radius 1 is 0.139 bits per heavy atom. The zero-order chi connectivity index (χ0) is 89.9. The van der Waals surface area contributed by atoms with Crippen LogP contribution >= 0.6 is 0 Å². The average Bonchev–Trinajstić information content (AvgIpc) is 1.57. The van der Waals surface area contributed by atoms with Crippen molar-refractivity contribution in [3.8, 4) is 95.0 Å². The summed E-state index contributed by atoms with van der Waals surface area (Å²) >= 11 is 0. The molecule has 0 atom stereocenters. The van der Waals surface area contributed by atoms with Crippen molar-refractivity contribution < 1.29 is 26.5 Å². The largest absolute Gasteiger partial charge is 0.456 e. The second kappa shape index (κ2) is 31.1. The summed E-state index contributed by atoms with van der Waals surface area (Å²) in [7, 11) is 0. The Morgan fingerprint density at radius 3 is 0.956 bits per heavy atom. The van der Waals surface area contributed by atoms with Crippen LogP contribution in [-0.4, -0.2) is 13.7 Å². The van der Waals surface area contributed by atoms with Crippen molar-refractivity contribution in [1.82, 2.24) is 13.7 Å². The van der Waals surface area contributed by atoms with E-state index < -0.39 is 0 Å². The van der Waals surface area contributed by atoms with Gasteiger partial charge in [-0.2, -0.15) is 0 Å². The maximum atomic E-state index is 6.58. The fourth-order valence-electron chi connectivity index (χ4n) is 21.5. The van der Waals surface area contributed by atoms with Crippen LogP contribution in [0.2, 0.25) is 0 Å². The van der Waals surface area contributed by atoms with Crippen LogP contribution in [0.15, 0.2) is 494 Å². The van der Waals surface area contributed by atoms with Crippen LogP contribution in [0.5, 0.6) is 0 Å². The first-order valence-electron chi connectivity index (χ1n) is 46.5. The van der Waals surface area contributed by atoms with Gasteiger partial charge < -0.3 is 40.2 Å². The van der Waals surface area contributed by atoms with Crippen molar-refractivity contribution in [3.63, 3.8) is 0 Å². The van der Waals surface area contributed by atoms with Crippen LogP contribution in [0.1, 0.15) is 0 Å².